The molecule has 61 valence electrons. The summed E-state index contributed by atoms with van der Waals surface area (Å²) in [5, 5.41) is 0. The van der Waals surface area contributed by atoms with Crippen LogP contribution in [0.3, 0.4) is 0 Å². The predicted octanol–water partition coefficient (Wildman–Crippen LogP) is 1.22. The van der Waals surface area contributed by atoms with E-state index >= 15 is 0 Å². The van der Waals surface area contributed by atoms with Gasteiger partial charge >= 0.3 is 18.6 Å². The van der Waals surface area contributed by atoms with Crippen LogP contribution >= 0.6 is 0 Å². The Hall–Kier alpha value is -0.646. The number of carbonyl (C=O) groups is 1. The van der Waals surface area contributed by atoms with E-state index in [9.17, 15) is 4.79 Å². The number of ether oxygens (including phenoxy) is 1. The Labute approximate surface area is 80.6 Å². The fourth-order valence-electron chi connectivity index (χ4n) is 0. The first-order valence-electron chi connectivity index (χ1n) is 2.71. The van der Waals surface area contributed by atoms with Crippen LogP contribution in [-0.2, 0) is 28.1 Å². The first-order valence-corrected chi connectivity index (χ1v) is 2.71. The standard InChI is InChI=1S/C5H7.C3H5O2.V/c1-4-5(2)3;1-3(4)5-2;/h1H,2-3H3;1H2,2H3;/q2*-1;+2. The quantitative estimate of drug-likeness (QED) is 0.327. The van der Waals surface area contributed by atoms with Gasteiger partial charge in [0, 0.05) is 0 Å². The molecule has 3 heteroatoms. The summed E-state index contributed by atoms with van der Waals surface area (Å²) in [6.07, 6.45) is 4.88. The number of methoxy groups -OCH3 is 1. The van der Waals surface area contributed by atoms with Crippen molar-refractivity contribution in [1.82, 2.24) is 0 Å². The molecule has 0 rings (SSSR count). The minimum absolute atomic E-state index is 0. The number of carbonyl (C=O) groups excluding carboxylic acids is 1. The molecule has 11 heavy (non-hydrogen) atoms. The van der Waals surface area contributed by atoms with E-state index in [1.165, 1.54) is 7.11 Å². The van der Waals surface area contributed by atoms with Crippen molar-refractivity contribution in [1.29, 1.82) is 0 Å². The molecule has 0 aromatic carbocycles. The van der Waals surface area contributed by atoms with E-state index in [4.69, 9.17) is 6.42 Å². The molecule has 0 saturated heterocycles. The van der Waals surface area contributed by atoms with Gasteiger partial charge in [0.05, 0.1) is 7.11 Å². The molecule has 0 atom stereocenters. The van der Waals surface area contributed by atoms with Gasteiger partial charge in [0.2, 0.25) is 0 Å². The van der Waals surface area contributed by atoms with Crippen molar-refractivity contribution in [3.8, 4) is 12.3 Å². The van der Waals surface area contributed by atoms with Crippen molar-refractivity contribution in [2.45, 2.75) is 13.8 Å². The second-order valence-corrected chi connectivity index (χ2v) is 1.72. The zero-order valence-corrected chi connectivity index (χ0v) is 8.44. The van der Waals surface area contributed by atoms with Crippen LogP contribution in [0, 0.1) is 25.2 Å². The third-order valence-electron chi connectivity index (χ3n) is 0.516. The Balaban J connectivity index is -0.000000107. The maximum absolute atomic E-state index is 9.48. The minimum Gasteiger partial charge on any atom is -0.492 e. The van der Waals surface area contributed by atoms with Gasteiger partial charge in [-0.2, -0.15) is 5.92 Å². The molecule has 0 saturated carbocycles. The molecule has 0 heterocycles. The predicted molar refractivity (Wildman–Crippen MR) is 40.8 cm³/mol. The molecule has 0 aliphatic carbocycles. The molecule has 0 unspecified atom stereocenters. The smallest absolute Gasteiger partial charge is 0.492 e. The Morgan fingerprint density at radius 2 is 1.82 bits per heavy atom. The number of hydrogen-bond acceptors (Lipinski definition) is 2. The summed E-state index contributed by atoms with van der Waals surface area (Å²) >= 11 is 0. The monoisotopic (exact) mass is 191 g/mol. The average Bonchev–Trinajstić information content (AvgIpc) is 1.89. The summed E-state index contributed by atoms with van der Waals surface area (Å²) in [4.78, 5) is 9.48. The summed E-state index contributed by atoms with van der Waals surface area (Å²) in [5.74, 6) is 2.98. The van der Waals surface area contributed by atoms with Gasteiger partial charge in [-0.3, -0.25) is 17.6 Å². The molecule has 0 aromatic rings. The molecule has 2 nitrogen and oxygen atoms in total. The van der Waals surface area contributed by atoms with Crippen molar-refractivity contribution in [2.75, 3.05) is 7.11 Å². The Morgan fingerprint density at radius 1 is 1.64 bits per heavy atom. The van der Waals surface area contributed by atoms with E-state index in [0.29, 0.717) is 0 Å². The molecule has 0 spiro atoms. The minimum atomic E-state index is -0.495. The van der Waals surface area contributed by atoms with Gasteiger partial charge in [0.15, 0.2) is 5.97 Å². The van der Waals surface area contributed by atoms with E-state index < -0.39 is 5.97 Å². The number of terminal acetylenes is 1. The molecule has 0 aliphatic rings. The van der Waals surface area contributed by atoms with Crippen molar-refractivity contribution < 1.29 is 28.1 Å². The van der Waals surface area contributed by atoms with Crippen LogP contribution in [0.15, 0.2) is 0 Å². The number of esters is 1. The number of rotatable bonds is 0. The fraction of sp³-hybridized carbons (Fsp3) is 0.375. The fourth-order valence-corrected chi connectivity index (χ4v) is 0. The molecular weight excluding hydrogens is 179 g/mol. The van der Waals surface area contributed by atoms with Crippen LogP contribution in [0.2, 0.25) is 0 Å². The van der Waals surface area contributed by atoms with Crippen molar-refractivity contribution in [2.24, 2.45) is 0 Å². The van der Waals surface area contributed by atoms with E-state index in [1.54, 1.807) is 0 Å². The molecule has 0 aliphatic heterocycles. The van der Waals surface area contributed by atoms with Crippen molar-refractivity contribution in [3.63, 3.8) is 0 Å². The van der Waals surface area contributed by atoms with E-state index in [-0.39, 0.29) is 18.6 Å². The summed E-state index contributed by atoms with van der Waals surface area (Å²) in [5.41, 5.74) is 0. The largest absolute Gasteiger partial charge is 2.00 e. The average molecular weight is 191 g/mol. The Kier molecular flexibility index (Phi) is 18.4. The van der Waals surface area contributed by atoms with E-state index in [1.807, 2.05) is 13.8 Å². The summed E-state index contributed by atoms with van der Waals surface area (Å²) in [6, 6.07) is 0. The van der Waals surface area contributed by atoms with Gasteiger partial charge < -0.3 is 11.2 Å². The van der Waals surface area contributed by atoms with Gasteiger partial charge in [0.25, 0.3) is 0 Å². The van der Waals surface area contributed by atoms with Gasteiger partial charge in [-0.1, -0.05) is 0 Å². The van der Waals surface area contributed by atoms with Crippen molar-refractivity contribution in [3.05, 3.63) is 12.8 Å². The van der Waals surface area contributed by atoms with Crippen LogP contribution < -0.4 is 0 Å². The van der Waals surface area contributed by atoms with Crippen LogP contribution in [0.5, 0.6) is 0 Å². The molecular formula is C8H12O2V. The second kappa shape index (κ2) is 12.1. The third kappa shape index (κ3) is 45.0. The zero-order valence-electron chi connectivity index (χ0n) is 7.05. The summed E-state index contributed by atoms with van der Waals surface area (Å²) in [6.45, 7) is 6.70. The van der Waals surface area contributed by atoms with Gasteiger partial charge in [-0.15, -0.1) is 13.8 Å². The molecule has 0 fully saturated rings. The Morgan fingerprint density at radius 3 is 1.82 bits per heavy atom. The first kappa shape index (κ1) is 16.8. The third-order valence-corrected chi connectivity index (χ3v) is 0.516. The zero-order chi connectivity index (χ0) is 8.57. The van der Waals surface area contributed by atoms with Gasteiger partial charge in [-0.05, 0) is 0 Å². The van der Waals surface area contributed by atoms with Crippen LogP contribution in [-0.4, -0.2) is 13.1 Å². The second-order valence-electron chi connectivity index (χ2n) is 1.72. The van der Waals surface area contributed by atoms with E-state index in [2.05, 4.69) is 17.6 Å². The van der Waals surface area contributed by atoms with Crippen LogP contribution in [0.4, 0.5) is 0 Å². The van der Waals surface area contributed by atoms with Gasteiger partial charge in [0.1, 0.15) is 0 Å². The molecule has 0 bridgehead atoms. The Bertz CT molecular complexity index is 125. The maximum Gasteiger partial charge on any atom is 2.00 e. The first-order chi connectivity index (χ1) is 4.54. The summed E-state index contributed by atoms with van der Waals surface area (Å²) in [7, 11) is 1.29. The summed E-state index contributed by atoms with van der Waals surface area (Å²) < 4.78 is 4.00. The normalized spacial score (nSPS) is 5.64. The topological polar surface area (TPSA) is 26.3 Å². The maximum atomic E-state index is 9.48. The van der Waals surface area contributed by atoms with Crippen LogP contribution in [0.25, 0.3) is 0 Å². The van der Waals surface area contributed by atoms with E-state index in [0.717, 1.165) is 5.92 Å². The molecule has 1 radical (unpaired) electrons. The van der Waals surface area contributed by atoms with Crippen molar-refractivity contribution >= 4 is 5.97 Å². The molecule has 0 N–H and O–H groups in total. The van der Waals surface area contributed by atoms with Crippen LogP contribution in [0.1, 0.15) is 13.8 Å². The van der Waals surface area contributed by atoms with Gasteiger partial charge in [-0.25, -0.2) is 0 Å². The number of hydrogen-bond donors (Lipinski definition) is 0. The molecule has 0 amide bonds. The molecule has 0 aromatic heterocycles. The SMILES string of the molecule is C#C[C-](C)C.[CH2-]C(=O)OC.[V+2].